The van der Waals surface area contributed by atoms with E-state index in [1.807, 2.05) is 11.8 Å². The summed E-state index contributed by atoms with van der Waals surface area (Å²) in [6.45, 7) is 16.0. The molecule has 0 spiro atoms. The van der Waals surface area contributed by atoms with Gasteiger partial charge in [0, 0.05) is 73.0 Å². The first kappa shape index (κ1) is 32.9. The average molecular weight is 744 g/mol. The molecule has 6 heteroatoms. The summed E-state index contributed by atoms with van der Waals surface area (Å²) < 4.78 is 4.79. The van der Waals surface area contributed by atoms with Crippen molar-refractivity contribution in [2.24, 2.45) is 0 Å². The fourth-order valence-corrected chi connectivity index (χ4v) is 8.78. The lowest BCUT2D eigenvalue weighted by molar-refractivity contribution is -0.438. The number of nitrogens with zero attached hydrogens (tertiary/aromatic N) is 2. The molecule has 2 nitrogen and oxygen atoms in total. The normalized spacial score (nSPS) is 21.1. The molecule has 0 saturated carbocycles. The predicted molar refractivity (Wildman–Crippen MR) is 197 cm³/mol. The molecule has 0 N–H and O–H groups in total. The number of unbranched alkanes of at least 4 members (excludes halogenated alkanes) is 2. The Morgan fingerprint density at radius 1 is 0.884 bits per heavy atom. The van der Waals surface area contributed by atoms with Crippen LogP contribution >= 0.6 is 55.2 Å². The Hall–Kier alpha value is -1.53. The molecule has 0 fully saturated rings. The number of thioether (sulfide) groups is 1. The Morgan fingerprint density at radius 3 is 2.30 bits per heavy atom. The molecule has 0 bridgehead atoms. The van der Waals surface area contributed by atoms with E-state index in [1.165, 1.54) is 57.9 Å². The maximum absolute atomic E-state index is 7.19. The van der Waals surface area contributed by atoms with E-state index in [9.17, 15) is 0 Å². The molecule has 0 aromatic heterocycles. The fraction of sp³-hybridized carbons (Fsp3) is 0.432. The largest absolute Gasteiger partial charge is 0.344 e. The van der Waals surface area contributed by atoms with Gasteiger partial charge in [-0.1, -0.05) is 96.1 Å². The van der Waals surface area contributed by atoms with Gasteiger partial charge in [0.2, 0.25) is 5.69 Å². The molecule has 3 aliphatic heterocycles. The molecule has 2 aromatic carbocycles. The second kappa shape index (κ2) is 13.4. The number of fused-ring (bicyclic) bond motifs is 2. The van der Waals surface area contributed by atoms with Gasteiger partial charge < -0.3 is 4.90 Å². The highest BCUT2D eigenvalue weighted by Gasteiger charge is 2.44. The third kappa shape index (κ3) is 6.44. The molecular weight excluding hydrogens is 700 g/mol. The van der Waals surface area contributed by atoms with Crippen molar-refractivity contribution in [1.29, 1.82) is 0 Å². The first-order chi connectivity index (χ1) is 20.5. The summed E-state index contributed by atoms with van der Waals surface area (Å²) in [5.41, 5.74) is 10.3. The number of benzene rings is 2. The zero-order valence-electron chi connectivity index (χ0n) is 26.4. The number of anilines is 1. The number of allylic oxidation sites excluding steroid dienone is 6. The van der Waals surface area contributed by atoms with Gasteiger partial charge in [-0.2, -0.15) is 16.3 Å². The third-order valence-corrected chi connectivity index (χ3v) is 11.6. The number of rotatable bonds is 9. The highest BCUT2D eigenvalue weighted by Crippen LogP contribution is 2.49. The van der Waals surface area contributed by atoms with Crippen LogP contribution in [0.1, 0.15) is 78.4 Å². The monoisotopic (exact) mass is 741 g/mol. The Balaban J connectivity index is 1.50. The third-order valence-electron chi connectivity index (χ3n) is 9.14. The minimum atomic E-state index is -0.0821. The van der Waals surface area contributed by atoms with Crippen LogP contribution in [-0.2, 0) is 10.8 Å². The first-order valence-electron chi connectivity index (χ1n) is 15.6. The topological polar surface area (TPSA) is 6.25 Å². The minimum Gasteiger partial charge on any atom is -0.344 e. The molecule has 0 radical (unpaired) electrons. The standard InChI is InChI=1S/C37H44Br2ClN2S/c1-7-9-19-41-31-15-13-27(38)21-29(31)36(3,4)33(41)17-11-25-23-43-24-26(35(25)40)12-18-34-37(5,6)30-22-28(39)14-16-32(30)42(34)20-10-8-2/h11-18,21-22H,7-10,19-20,23-24H2,1-6H3/q+1. The Morgan fingerprint density at radius 2 is 1.58 bits per heavy atom. The van der Waals surface area contributed by atoms with E-state index in [-0.39, 0.29) is 10.8 Å². The number of hydrogen-bond acceptors (Lipinski definition) is 2. The lowest BCUT2D eigenvalue weighted by atomic mass is 9.81. The van der Waals surface area contributed by atoms with E-state index < -0.39 is 0 Å². The lowest BCUT2D eigenvalue weighted by Crippen LogP contribution is -2.28. The molecule has 5 rings (SSSR count). The van der Waals surface area contributed by atoms with Crippen LogP contribution in [0.25, 0.3) is 0 Å². The van der Waals surface area contributed by atoms with Gasteiger partial charge in [0.05, 0.1) is 5.41 Å². The number of hydrogen-bond donors (Lipinski definition) is 0. The Labute approximate surface area is 285 Å². The van der Waals surface area contributed by atoms with Crippen molar-refractivity contribution in [3.63, 3.8) is 0 Å². The van der Waals surface area contributed by atoms with Crippen molar-refractivity contribution in [2.45, 2.75) is 78.1 Å². The van der Waals surface area contributed by atoms with Crippen LogP contribution in [0.4, 0.5) is 11.4 Å². The van der Waals surface area contributed by atoms with Crippen LogP contribution in [0.15, 0.2) is 91.5 Å². The second-order valence-corrected chi connectivity index (χ2v) is 16.1. The summed E-state index contributed by atoms with van der Waals surface area (Å²) in [4.78, 5) is 2.52. The van der Waals surface area contributed by atoms with E-state index in [2.05, 4.69) is 144 Å². The molecule has 228 valence electrons. The zero-order chi connectivity index (χ0) is 30.9. The van der Waals surface area contributed by atoms with Crippen molar-refractivity contribution in [3.05, 3.63) is 103 Å². The van der Waals surface area contributed by atoms with Crippen LogP contribution in [-0.4, -0.2) is 34.9 Å². The van der Waals surface area contributed by atoms with E-state index in [0.717, 1.165) is 51.4 Å². The van der Waals surface area contributed by atoms with E-state index >= 15 is 0 Å². The minimum absolute atomic E-state index is 0.0821. The molecular formula is C37H44Br2ClN2S+. The smallest absolute Gasteiger partial charge is 0.209 e. The van der Waals surface area contributed by atoms with Gasteiger partial charge in [0.1, 0.15) is 6.54 Å². The fourth-order valence-electron chi connectivity index (χ4n) is 6.62. The molecule has 3 heterocycles. The van der Waals surface area contributed by atoms with Gasteiger partial charge in [-0.05, 0) is 73.4 Å². The van der Waals surface area contributed by atoms with E-state index in [4.69, 9.17) is 11.6 Å². The molecule has 0 aliphatic carbocycles. The lowest BCUT2D eigenvalue weighted by Gasteiger charge is -2.27. The molecule has 0 unspecified atom stereocenters. The van der Waals surface area contributed by atoms with Crippen LogP contribution in [0.2, 0.25) is 0 Å². The summed E-state index contributed by atoms with van der Waals surface area (Å²) in [5, 5.41) is 0.903. The maximum atomic E-state index is 7.19. The summed E-state index contributed by atoms with van der Waals surface area (Å²) in [6.07, 6.45) is 13.9. The number of halogens is 3. The quantitative estimate of drug-likeness (QED) is 0.236. The summed E-state index contributed by atoms with van der Waals surface area (Å²) in [5.74, 6) is 1.86. The average Bonchev–Trinajstić information content (AvgIpc) is 3.31. The molecule has 0 atom stereocenters. The van der Waals surface area contributed by atoms with Crippen LogP contribution in [0.5, 0.6) is 0 Å². The van der Waals surface area contributed by atoms with Crippen LogP contribution < -0.4 is 4.90 Å². The molecule has 0 amide bonds. The van der Waals surface area contributed by atoms with Gasteiger partial charge in [-0.15, -0.1) is 0 Å². The highest BCUT2D eigenvalue weighted by atomic mass is 79.9. The highest BCUT2D eigenvalue weighted by molar-refractivity contribution is 9.10. The maximum Gasteiger partial charge on any atom is 0.209 e. The Bertz CT molecular complexity index is 1560. The van der Waals surface area contributed by atoms with Crippen molar-refractivity contribution in [3.8, 4) is 0 Å². The first-order valence-corrected chi connectivity index (χ1v) is 18.7. The van der Waals surface area contributed by atoms with E-state index in [1.54, 1.807) is 0 Å². The van der Waals surface area contributed by atoms with Gasteiger partial charge in [-0.3, -0.25) is 0 Å². The summed E-state index contributed by atoms with van der Waals surface area (Å²) >= 11 is 16.6. The molecule has 2 aromatic rings. The Kier molecular flexibility index (Phi) is 10.3. The van der Waals surface area contributed by atoms with Gasteiger partial charge in [0.15, 0.2) is 5.71 Å². The van der Waals surface area contributed by atoms with Gasteiger partial charge >= 0.3 is 0 Å². The van der Waals surface area contributed by atoms with Crippen LogP contribution in [0.3, 0.4) is 0 Å². The van der Waals surface area contributed by atoms with Gasteiger partial charge in [0.25, 0.3) is 0 Å². The molecule has 43 heavy (non-hydrogen) atoms. The second-order valence-electron chi connectivity index (χ2n) is 12.9. The predicted octanol–water partition coefficient (Wildman–Crippen LogP) is 11.6. The van der Waals surface area contributed by atoms with Crippen molar-refractivity contribution >= 4 is 72.3 Å². The molecule has 3 aliphatic rings. The van der Waals surface area contributed by atoms with Gasteiger partial charge in [-0.25, -0.2) is 0 Å². The van der Waals surface area contributed by atoms with Crippen molar-refractivity contribution < 1.29 is 4.58 Å². The summed E-state index contributed by atoms with van der Waals surface area (Å²) in [6, 6.07) is 13.4. The molecule has 0 saturated heterocycles. The van der Waals surface area contributed by atoms with E-state index in [0.29, 0.717) is 0 Å². The van der Waals surface area contributed by atoms with Crippen molar-refractivity contribution in [1.82, 2.24) is 0 Å². The SMILES string of the molecule is CCCCN1/C(=C/C=C2\CSCC(/C=C/C3=[N+](CCCC)c4ccc(Br)cc4C3(C)C)=C2Cl)C(C)(C)c2cc(Br)ccc21. The van der Waals surface area contributed by atoms with Crippen molar-refractivity contribution in [2.75, 3.05) is 29.5 Å². The zero-order valence-corrected chi connectivity index (χ0v) is 31.1. The van der Waals surface area contributed by atoms with Crippen LogP contribution in [0, 0.1) is 0 Å². The summed E-state index contributed by atoms with van der Waals surface area (Å²) in [7, 11) is 0.